The lowest BCUT2D eigenvalue weighted by Gasteiger charge is -2.26. The van der Waals surface area contributed by atoms with Crippen LogP contribution >= 0.6 is 0 Å². The molecule has 2 aromatic heterocycles. The summed E-state index contributed by atoms with van der Waals surface area (Å²) in [5, 5.41) is 2.83. The van der Waals surface area contributed by atoms with E-state index in [-0.39, 0.29) is 17.9 Å². The van der Waals surface area contributed by atoms with Crippen LogP contribution in [0, 0.1) is 19.7 Å². The number of nitrogens with one attached hydrogen (secondary N) is 1. The Kier molecular flexibility index (Phi) is 5.29. The molecule has 1 atom stereocenters. The Hall–Kier alpha value is -3.22. The predicted octanol–water partition coefficient (Wildman–Crippen LogP) is 4.45. The third kappa shape index (κ3) is 3.99. The van der Waals surface area contributed by atoms with Crippen molar-refractivity contribution in [3.05, 3.63) is 77.4 Å². The fraction of sp³-hybridized carbons (Fsp3) is 0.318. The van der Waals surface area contributed by atoms with Crippen molar-refractivity contribution in [2.45, 2.75) is 39.3 Å². The molecule has 1 fully saturated rings. The van der Waals surface area contributed by atoms with Gasteiger partial charge in [-0.05, 0) is 62.1 Å². The first kappa shape index (κ1) is 19.1. The lowest BCUT2D eigenvalue weighted by molar-refractivity contribution is 0.204. The van der Waals surface area contributed by atoms with Gasteiger partial charge in [0.2, 0.25) is 0 Å². The number of nitrogens with zero attached hydrogens (tertiary/aromatic N) is 4. The number of hydrogen-bond acceptors (Lipinski definition) is 3. The summed E-state index contributed by atoms with van der Waals surface area (Å²) in [4.78, 5) is 23.4. The number of halogens is 1. The zero-order chi connectivity index (χ0) is 20.4. The van der Waals surface area contributed by atoms with E-state index in [9.17, 15) is 9.18 Å². The molecule has 3 heterocycles. The molecule has 1 aromatic carbocycles. The standard InChI is InChI=1S/C22H24FN5O/c1-15-5-6-18(12-19(15)23)26-22(29)27-11-3-4-20(27)21-25-13-16(2)28(21)14-17-7-9-24-10-8-17/h5-10,12-13,20H,3-4,11,14H2,1-2H3,(H,26,29). The molecule has 0 aliphatic carbocycles. The van der Waals surface area contributed by atoms with E-state index in [2.05, 4.69) is 19.9 Å². The molecule has 0 spiro atoms. The van der Waals surface area contributed by atoms with Crippen LogP contribution in [0.1, 0.15) is 41.5 Å². The van der Waals surface area contributed by atoms with Crippen molar-refractivity contribution in [1.29, 1.82) is 0 Å². The van der Waals surface area contributed by atoms with Crippen LogP contribution < -0.4 is 5.32 Å². The van der Waals surface area contributed by atoms with E-state index < -0.39 is 0 Å². The molecule has 2 amide bonds. The number of carbonyl (C=O) groups is 1. The van der Waals surface area contributed by atoms with Crippen molar-refractivity contribution in [2.75, 3.05) is 11.9 Å². The van der Waals surface area contributed by atoms with Gasteiger partial charge in [0, 0.05) is 43.1 Å². The average Bonchev–Trinajstić information content (AvgIpc) is 3.33. The molecule has 7 heteroatoms. The number of imidazole rings is 1. The van der Waals surface area contributed by atoms with Crippen LogP contribution in [0.5, 0.6) is 0 Å². The molecule has 0 saturated carbocycles. The number of rotatable bonds is 4. The minimum atomic E-state index is -0.329. The first-order chi connectivity index (χ1) is 14.0. The fourth-order valence-corrected chi connectivity index (χ4v) is 3.77. The second-order valence-corrected chi connectivity index (χ2v) is 7.44. The number of likely N-dealkylation sites (tertiary alicyclic amines) is 1. The number of hydrogen-bond donors (Lipinski definition) is 1. The van der Waals surface area contributed by atoms with Crippen molar-refractivity contribution in [3.8, 4) is 0 Å². The lowest BCUT2D eigenvalue weighted by Crippen LogP contribution is -2.35. The molecule has 1 unspecified atom stereocenters. The maximum Gasteiger partial charge on any atom is 0.322 e. The van der Waals surface area contributed by atoms with E-state index in [1.165, 1.54) is 6.07 Å². The van der Waals surface area contributed by atoms with Crippen LogP contribution in [0.2, 0.25) is 0 Å². The fourth-order valence-electron chi connectivity index (χ4n) is 3.77. The minimum absolute atomic E-state index is 0.110. The topological polar surface area (TPSA) is 63.1 Å². The molecule has 150 valence electrons. The highest BCUT2D eigenvalue weighted by Crippen LogP contribution is 2.32. The van der Waals surface area contributed by atoms with E-state index in [0.717, 1.165) is 29.9 Å². The molecule has 0 radical (unpaired) electrons. The third-order valence-electron chi connectivity index (χ3n) is 5.41. The van der Waals surface area contributed by atoms with Gasteiger partial charge in [-0.3, -0.25) is 4.98 Å². The van der Waals surface area contributed by atoms with Crippen LogP contribution in [0.4, 0.5) is 14.9 Å². The largest absolute Gasteiger partial charge is 0.326 e. The summed E-state index contributed by atoms with van der Waals surface area (Å²) in [5.41, 5.74) is 3.19. The van der Waals surface area contributed by atoms with Crippen LogP contribution in [0.25, 0.3) is 0 Å². The summed E-state index contributed by atoms with van der Waals surface area (Å²) in [7, 11) is 0. The van der Waals surface area contributed by atoms with E-state index in [4.69, 9.17) is 0 Å². The number of aromatic nitrogens is 3. The molecular formula is C22H24FN5O. The number of urea groups is 1. The zero-order valence-electron chi connectivity index (χ0n) is 16.6. The van der Waals surface area contributed by atoms with Crippen LogP contribution in [-0.2, 0) is 6.54 Å². The Labute approximate surface area is 169 Å². The molecule has 29 heavy (non-hydrogen) atoms. The number of aryl methyl sites for hydroxylation is 2. The van der Waals surface area contributed by atoms with Crippen molar-refractivity contribution in [1.82, 2.24) is 19.4 Å². The van der Waals surface area contributed by atoms with Gasteiger partial charge in [0.15, 0.2) is 0 Å². The van der Waals surface area contributed by atoms with Crippen LogP contribution in [0.15, 0.2) is 48.9 Å². The van der Waals surface area contributed by atoms with Crippen molar-refractivity contribution in [2.24, 2.45) is 0 Å². The Morgan fingerprint density at radius 3 is 2.79 bits per heavy atom. The maximum atomic E-state index is 13.8. The predicted molar refractivity (Wildman–Crippen MR) is 109 cm³/mol. The number of carbonyl (C=O) groups excluding carboxylic acids is 1. The van der Waals surface area contributed by atoms with E-state index in [0.29, 0.717) is 24.3 Å². The normalized spacial score (nSPS) is 16.2. The lowest BCUT2D eigenvalue weighted by atomic mass is 10.2. The van der Waals surface area contributed by atoms with E-state index >= 15 is 0 Å². The van der Waals surface area contributed by atoms with Gasteiger partial charge >= 0.3 is 6.03 Å². The van der Waals surface area contributed by atoms with Crippen molar-refractivity contribution < 1.29 is 9.18 Å². The first-order valence-corrected chi connectivity index (χ1v) is 9.77. The highest BCUT2D eigenvalue weighted by Gasteiger charge is 2.33. The Morgan fingerprint density at radius 1 is 1.24 bits per heavy atom. The average molecular weight is 393 g/mol. The molecule has 1 aliphatic heterocycles. The van der Waals surface area contributed by atoms with Gasteiger partial charge in [-0.2, -0.15) is 0 Å². The summed E-state index contributed by atoms with van der Waals surface area (Å²) >= 11 is 0. The molecule has 3 aromatic rings. The smallest absolute Gasteiger partial charge is 0.322 e. The molecule has 1 saturated heterocycles. The van der Waals surface area contributed by atoms with Crippen molar-refractivity contribution >= 4 is 11.7 Å². The van der Waals surface area contributed by atoms with Gasteiger partial charge in [-0.15, -0.1) is 0 Å². The summed E-state index contributed by atoms with van der Waals surface area (Å²) < 4.78 is 16.0. The summed E-state index contributed by atoms with van der Waals surface area (Å²) in [6, 6.07) is 8.36. The summed E-state index contributed by atoms with van der Waals surface area (Å²) in [6.07, 6.45) is 7.15. The van der Waals surface area contributed by atoms with Gasteiger partial charge in [0.25, 0.3) is 0 Å². The van der Waals surface area contributed by atoms with Gasteiger partial charge < -0.3 is 14.8 Å². The van der Waals surface area contributed by atoms with Crippen LogP contribution in [0.3, 0.4) is 0 Å². The summed E-state index contributed by atoms with van der Waals surface area (Å²) in [5.74, 6) is 0.548. The Balaban J connectivity index is 1.55. The molecule has 0 bridgehead atoms. The molecule has 1 N–H and O–H groups in total. The number of pyridine rings is 1. The van der Waals surface area contributed by atoms with Gasteiger partial charge in [0.05, 0.1) is 6.04 Å². The second-order valence-electron chi connectivity index (χ2n) is 7.44. The molecule has 6 nitrogen and oxygen atoms in total. The first-order valence-electron chi connectivity index (χ1n) is 9.77. The van der Waals surface area contributed by atoms with Crippen LogP contribution in [-0.4, -0.2) is 32.0 Å². The molecule has 4 rings (SSSR count). The molecule has 1 aliphatic rings. The van der Waals surface area contributed by atoms with E-state index in [1.807, 2.05) is 25.3 Å². The second kappa shape index (κ2) is 8.03. The molecular weight excluding hydrogens is 369 g/mol. The van der Waals surface area contributed by atoms with Gasteiger partial charge in [-0.25, -0.2) is 14.2 Å². The quantitative estimate of drug-likeness (QED) is 0.712. The number of anilines is 1. The van der Waals surface area contributed by atoms with Gasteiger partial charge in [0.1, 0.15) is 11.6 Å². The number of benzene rings is 1. The Morgan fingerprint density at radius 2 is 2.03 bits per heavy atom. The zero-order valence-corrected chi connectivity index (χ0v) is 16.6. The minimum Gasteiger partial charge on any atom is -0.326 e. The highest BCUT2D eigenvalue weighted by atomic mass is 19.1. The number of amides is 2. The third-order valence-corrected chi connectivity index (χ3v) is 5.41. The monoisotopic (exact) mass is 393 g/mol. The summed E-state index contributed by atoms with van der Waals surface area (Å²) in [6.45, 7) is 5.04. The maximum absolute atomic E-state index is 13.8. The Bertz CT molecular complexity index is 1020. The highest BCUT2D eigenvalue weighted by molar-refractivity contribution is 5.89. The SMILES string of the molecule is Cc1ccc(NC(=O)N2CCCC2c2ncc(C)n2Cc2ccncc2)cc1F. The van der Waals surface area contributed by atoms with Crippen molar-refractivity contribution in [3.63, 3.8) is 0 Å². The van der Waals surface area contributed by atoms with Gasteiger partial charge in [-0.1, -0.05) is 6.07 Å². The van der Waals surface area contributed by atoms with E-state index in [1.54, 1.807) is 36.4 Å².